The number of hydrogen-bond acceptors (Lipinski definition) is 6. The number of benzene rings is 1. The molecule has 0 unspecified atom stereocenters. The van der Waals surface area contributed by atoms with Gasteiger partial charge in [-0.15, -0.1) is 0 Å². The Labute approximate surface area is 146 Å². The largest absolute Gasteiger partial charge is 0.496 e. The molecule has 1 saturated heterocycles. The summed E-state index contributed by atoms with van der Waals surface area (Å²) in [7, 11) is 1.71. The van der Waals surface area contributed by atoms with Crippen LogP contribution in [0, 0.1) is 0 Å². The molecule has 0 spiro atoms. The Bertz CT molecular complexity index is 864. The minimum absolute atomic E-state index is 0.388. The Morgan fingerprint density at radius 3 is 2.80 bits per heavy atom. The maximum atomic E-state index is 6.34. The van der Waals surface area contributed by atoms with Crippen LogP contribution in [-0.2, 0) is 0 Å². The van der Waals surface area contributed by atoms with E-state index in [9.17, 15) is 0 Å². The van der Waals surface area contributed by atoms with Crippen molar-refractivity contribution < 1.29 is 4.74 Å². The average Bonchev–Trinajstić information content (AvgIpc) is 3.34. The zero-order valence-electron chi connectivity index (χ0n) is 14.0. The number of rotatable bonds is 4. The van der Waals surface area contributed by atoms with Gasteiger partial charge in [0.05, 0.1) is 7.11 Å². The average molecular weight is 336 g/mol. The molecule has 0 aliphatic carbocycles. The van der Waals surface area contributed by atoms with Crippen molar-refractivity contribution >= 4 is 11.5 Å². The lowest BCUT2D eigenvalue weighted by molar-refractivity contribution is 0.406. The topological polar surface area (TPSA) is 82.1 Å². The number of hydrogen-bond donors (Lipinski definition) is 1. The first-order chi connectivity index (χ1) is 12.3. The predicted molar refractivity (Wildman–Crippen MR) is 96.1 cm³/mol. The monoisotopic (exact) mass is 336 g/mol. The highest BCUT2D eigenvalue weighted by atomic mass is 16.5. The summed E-state index contributed by atoms with van der Waals surface area (Å²) in [6.45, 7) is 1.74. The molecule has 2 N–H and O–H groups in total. The summed E-state index contributed by atoms with van der Waals surface area (Å²) in [6.07, 6.45) is 6.10. The van der Waals surface area contributed by atoms with E-state index in [2.05, 4.69) is 32.1 Å². The Morgan fingerprint density at radius 1 is 1.16 bits per heavy atom. The maximum absolute atomic E-state index is 6.34. The molecule has 25 heavy (non-hydrogen) atoms. The van der Waals surface area contributed by atoms with Gasteiger partial charge in [-0.3, -0.25) is 0 Å². The third-order valence-electron chi connectivity index (χ3n) is 4.63. The van der Waals surface area contributed by atoms with E-state index in [1.54, 1.807) is 24.3 Å². The summed E-state index contributed by atoms with van der Waals surface area (Å²) in [5, 5.41) is 4.21. The van der Waals surface area contributed by atoms with Crippen molar-refractivity contribution in [2.45, 2.75) is 12.3 Å². The smallest absolute Gasteiger partial charge is 0.181 e. The molecular formula is C18H20N6O. The predicted octanol–water partition coefficient (Wildman–Crippen LogP) is 2.25. The highest BCUT2D eigenvalue weighted by molar-refractivity contribution is 5.70. The van der Waals surface area contributed by atoms with Crippen LogP contribution in [0.5, 0.6) is 5.75 Å². The van der Waals surface area contributed by atoms with Crippen LogP contribution in [-0.4, -0.2) is 39.9 Å². The Kier molecular flexibility index (Phi) is 3.97. The quantitative estimate of drug-likeness (QED) is 0.787. The van der Waals surface area contributed by atoms with Gasteiger partial charge in [0.2, 0.25) is 0 Å². The molecule has 128 valence electrons. The van der Waals surface area contributed by atoms with Gasteiger partial charge in [0.25, 0.3) is 0 Å². The number of ether oxygens (including phenoxy) is 1. The van der Waals surface area contributed by atoms with Crippen LogP contribution in [0.2, 0.25) is 0 Å². The summed E-state index contributed by atoms with van der Waals surface area (Å²) >= 11 is 0. The van der Waals surface area contributed by atoms with Gasteiger partial charge < -0.3 is 15.4 Å². The van der Waals surface area contributed by atoms with Crippen molar-refractivity contribution in [1.29, 1.82) is 0 Å². The molecule has 0 radical (unpaired) electrons. The normalized spacial score (nSPS) is 17.0. The van der Waals surface area contributed by atoms with E-state index in [1.165, 1.54) is 5.56 Å². The third-order valence-corrected chi connectivity index (χ3v) is 4.63. The number of nitrogens with zero attached hydrogens (tertiary/aromatic N) is 5. The molecule has 1 atom stereocenters. The van der Waals surface area contributed by atoms with Gasteiger partial charge in [-0.2, -0.15) is 5.10 Å². The minimum Gasteiger partial charge on any atom is -0.496 e. The SMILES string of the molecule is COc1ccccc1[C@H]1CCN(c2ncnc(-n3cccn3)c2N)C1. The molecule has 1 aliphatic rings. The highest BCUT2D eigenvalue weighted by Crippen LogP contribution is 2.36. The first kappa shape index (κ1) is 15.4. The molecule has 7 nitrogen and oxygen atoms in total. The zero-order chi connectivity index (χ0) is 17.2. The van der Waals surface area contributed by atoms with Gasteiger partial charge >= 0.3 is 0 Å². The lowest BCUT2D eigenvalue weighted by Gasteiger charge is -2.20. The van der Waals surface area contributed by atoms with E-state index in [-0.39, 0.29) is 0 Å². The van der Waals surface area contributed by atoms with Crippen molar-refractivity contribution in [3.05, 3.63) is 54.6 Å². The van der Waals surface area contributed by atoms with Gasteiger partial charge in [-0.25, -0.2) is 14.6 Å². The van der Waals surface area contributed by atoms with Gasteiger partial charge in [-0.05, 0) is 24.1 Å². The molecule has 1 fully saturated rings. The first-order valence-corrected chi connectivity index (χ1v) is 8.26. The lowest BCUT2D eigenvalue weighted by Crippen LogP contribution is -2.23. The molecule has 3 aromatic rings. The Morgan fingerprint density at radius 2 is 2.00 bits per heavy atom. The van der Waals surface area contributed by atoms with Crippen molar-refractivity contribution in [1.82, 2.24) is 19.7 Å². The van der Waals surface area contributed by atoms with Crippen LogP contribution in [0.4, 0.5) is 11.5 Å². The Hall–Kier alpha value is -3.09. The van der Waals surface area contributed by atoms with Crippen molar-refractivity contribution in [3.8, 4) is 11.6 Å². The molecule has 4 rings (SSSR count). The van der Waals surface area contributed by atoms with Crippen LogP contribution < -0.4 is 15.4 Å². The van der Waals surface area contributed by atoms with Crippen LogP contribution in [0.1, 0.15) is 17.9 Å². The zero-order valence-corrected chi connectivity index (χ0v) is 14.0. The van der Waals surface area contributed by atoms with Crippen molar-refractivity contribution in [3.63, 3.8) is 0 Å². The molecule has 1 aliphatic heterocycles. The van der Waals surface area contributed by atoms with Crippen molar-refractivity contribution in [2.75, 3.05) is 30.8 Å². The lowest BCUT2D eigenvalue weighted by atomic mass is 9.97. The molecule has 3 heterocycles. The number of nitrogen functional groups attached to an aromatic ring is 1. The van der Waals surface area contributed by atoms with Crippen molar-refractivity contribution in [2.24, 2.45) is 0 Å². The van der Waals surface area contributed by atoms with E-state index in [0.717, 1.165) is 31.1 Å². The van der Waals surface area contributed by atoms with Crippen LogP contribution in [0.3, 0.4) is 0 Å². The summed E-state index contributed by atoms with van der Waals surface area (Å²) in [4.78, 5) is 10.9. The van der Waals surface area contributed by atoms with Gasteiger partial charge in [-0.1, -0.05) is 18.2 Å². The minimum atomic E-state index is 0.388. The van der Waals surface area contributed by atoms with E-state index in [0.29, 0.717) is 17.4 Å². The number of methoxy groups -OCH3 is 1. The van der Waals surface area contributed by atoms with Gasteiger partial charge in [0.1, 0.15) is 17.8 Å². The van der Waals surface area contributed by atoms with Crippen LogP contribution in [0.15, 0.2) is 49.1 Å². The molecular weight excluding hydrogens is 316 g/mol. The van der Waals surface area contributed by atoms with Crippen LogP contribution in [0.25, 0.3) is 5.82 Å². The van der Waals surface area contributed by atoms with E-state index in [4.69, 9.17) is 10.5 Å². The Balaban J connectivity index is 1.61. The highest BCUT2D eigenvalue weighted by Gasteiger charge is 2.28. The summed E-state index contributed by atoms with van der Waals surface area (Å²) in [6, 6.07) is 10.0. The maximum Gasteiger partial charge on any atom is 0.181 e. The van der Waals surface area contributed by atoms with E-state index in [1.807, 2.05) is 24.4 Å². The number of para-hydroxylation sites is 1. The number of anilines is 2. The molecule has 7 heteroatoms. The molecule has 1 aromatic carbocycles. The molecule has 2 aromatic heterocycles. The third kappa shape index (κ3) is 2.77. The van der Waals surface area contributed by atoms with E-state index < -0.39 is 0 Å². The van der Waals surface area contributed by atoms with Gasteiger partial charge in [0, 0.05) is 31.4 Å². The van der Waals surface area contributed by atoms with Crippen LogP contribution >= 0.6 is 0 Å². The summed E-state index contributed by atoms with van der Waals surface area (Å²) < 4.78 is 7.17. The van der Waals surface area contributed by atoms with E-state index >= 15 is 0 Å². The van der Waals surface area contributed by atoms with Gasteiger partial charge in [0.15, 0.2) is 11.6 Å². The molecule has 0 saturated carbocycles. The standard InChI is InChI=1S/C18H20N6O/c1-25-15-6-3-2-5-14(15)13-7-10-23(11-13)17-16(19)18(21-12-20-17)24-9-4-8-22-24/h2-6,8-9,12-13H,7,10-11,19H2,1H3/t13-/m0/s1. The first-order valence-electron chi connectivity index (χ1n) is 8.26. The number of aromatic nitrogens is 4. The summed E-state index contributed by atoms with van der Waals surface area (Å²) in [5.74, 6) is 2.69. The fraction of sp³-hybridized carbons (Fsp3) is 0.278. The fourth-order valence-corrected chi connectivity index (χ4v) is 3.42. The second-order valence-corrected chi connectivity index (χ2v) is 6.06. The second kappa shape index (κ2) is 6.43. The second-order valence-electron chi connectivity index (χ2n) is 6.06. The fourth-order valence-electron chi connectivity index (χ4n) is 3.42. The molecule has 0 amide bonds. The molecule has 0 bridgehead atoms. The number of nitrogens with two attached hydrogens (primary N) is 1. The summed E-state index contributed by atoms with van der Waals surface area (Å²) in [5.41, 5.74) is 8.12.